The summed E-state index contributed by atoms with van der Waals surface area (Å²) in [6, 6.07) is 12.7. The van der Waals surface area contributed by atoms with Crippen molar-refractivity contribution < 1.29 is 9.53 Å². The normalized spacial score (nSPS) is 10.6. The molecule has 2 rings (SSSR count). The van der Waals surface area contributed by atoms with Crippen molar-refractivity contribution in [1.29, 1.82) is 0 Å². The highest BCUT2D eigenvalue weighted by Crippen LogP contribution is 2.17. The molecule has 1 N–H and O–H groups in total. The third-order valence-electron chi connectivity index (χ3n) is 3.24. The van der Waals surface area contributed by atoms with Crippen molar-refractivity contribution in [2.24, 2.45) is 0 Å². The second kappa shape index (κ2) is 7.96. The summed E-state index contributed by atoms with van der Waals surface area (Å²) in [4.78, 5) is 13.5. The molecule has 1 aromatic heterocycles. The van der Waals surface area contributed by atoms with Gasteiger partial charge < -0.3 is 10.1 Å². The summed E-state index contributed by atoms with van der Waals surface area (Å²) in [7, 11) is 1.42. The third kappa shape index (κ3) is 5.33. The zero-order valence-electron chi connectivity index (χ0n) is 12.5. The minimum Gasteiger partial charge on any atom is -0.469 e. The molecule has 112 valence electrons. The number of ether oxygens (including phenoxy) is 1. The minimum atomic E-state index is -0.184. The van der Waals surface area contributed by atoms with Crippen molar-refractivity contribution in [2.75, 3.05) is 13.7 Å². The van der Waals surface area contributed by atoms with Crippen LogP contribution in [0, 0.1) is 6.92 Å². The Balaban J connectivity index is 1.72. The first kappa shape index (κ1) is 15.7. The van der Waals surface area contributed by atoms with Gasteiger partial charge in [-0.25, -0.2) is 0 Å². The van der Waals surface area contributed by atoms with Crippen LogP contribution in [0.5, 0.6) is 0 Å². The maximum absolute atomic E-state index is 11.2. The lowest BCUT2D eigenvalue weighted by Gasteiger charge is -2.04. The predicted octanol–water partition coefficient (Wildman–Crippen LogP) is 3.10. The summed E-state index contributed by atoms with van der Waals surface area (Å²) in [5, 5.41) is 3.44. The Kier molecular flexibility index (Phi) is 5.96. The Labute approximate surface area is 130 Å². The van der Waals surface area contributed by atoms with Crippen LogP contribution in [0.25, 0.3) is 0 Å². The van der Waals surface area contributed by atoms with E-state index in [9.17, 15) is 4.79 Å². The standard InChI is InChI=1S/C17H21NO2S/c1-13-4-3-5-14(10-13)8-9-18-12-16-7-6-15(21-16)11-17(19)20-2/h3-7,10,18H,8-9,11-12H2,1-2H3. The molecule has 2 aromatic rings. The van der Waals surface area contributed by atoms with Gasteiger partial charge in [-0.15, -0.1) is 11.3 Å². The average molecular weight is 303 g/mol. The summed E-state index contributed by atoms with van der Waals surface area (Å²) >= 11 is 1.66. The number of hydrogen-bond acceptors (Lipinski definition) is 4. The average Bonchev–Trinajstić information content (AvgIpc) is 2.91. The number of hydrogen-bond donors (Lipinski definition) is 1. The van der Waals surface area contributed by atoms with Gasteiger partial charge in [0, 0.05) is 16.3 Å². The Bertz CT molecular complexity index is 592. The highest BCUT2D eigenvalue weighted by atomic mass is 32.1. The summed E-state index contributed by atoms with van der Waals surface area (Å²) < 4.78 is 4.67. The van der Waals surface area contributed by atoms with Crippen molar-refractivity contribution in [1.82, 2.24) is 5.32 Å². The van der Waals surface area contributed by atoms with E-state index in [4.69, 9.17) is 0 Å². The Morgan fingerprint density at radius 2 is 2.05 bits per heavy atom. The summed E-state index contributed by atoms with van der Waals surface area (Å²) in [6.07, 6.45) is 1.40. The number of aryl methyl sites for hydroxylation is 1. The number of carbonyl (C=O) groups is 1. The van der Waals surface area contributed by atoms with Crippen LogP contribution in [0.15, 0.2) is 36.4 Å². The number of benzene rings is 1. The minimum absolute atomic E-state index is 0.184. The van der Waals surface area contributed by atoms with Crippen molar-refractivity contribution in [3.05, 3.63) is 57.3 Å². The molecule has 0 unspecified atom stereocenters. The second-order valence-corrected chi connectivity index (χ2v) is 6.29. The molecule has 0 amide bonds. The van der Waals surface area contributed by atoms with Gasteiger partial charge in [-0.1, -0.05) is 29.8 Å². The zero-order valence-corrected chi connectivity index (χ0v) is 13.3. The molecule has 0 atom stereocenters. The maximum Gasteiger partial charge on any atom is 0.310 e. The Hall–Kier alpha value is -1.65. The van der Waals surface area contributed by atoms with Crippen LogP contribution in [0.3, 0.4) is 0 Å². The van der Waals surface area contributed by atoms with E-state index in [1.807, 2.05) is 6.07 Å². The van der Waals surface area contributed by atoms with Crippen molar-refractivity contribution in [2.45, 2.75) is 26.3 Å². The van der Waals surface area contributed by atoms with E-state index in [1.165, 1.54) is 23.1 Å². The summed E-state index contributed by atoms with van der Waals surface area (Å²) in [5.41, 5.74) is 2.67. The molecule has 0 saturated carbocycles. The molecular formula is C17H21NO2S. The van der Waals surface area contributed by atoms with Crippen molar-refractivity contribution in [3.63, 3.8) is 0 Å². The Morgan fingerprint density at radius 3 is 2.81 bits per heavy atom. The van der Waals surface area contributed by atoms with Gasteiger partial charge in [0.1, 0.15) is 0 Å². The highest BCUT2D eigenvalue weighted by Gasteiger charge is 2.06. The fraction of sp³-hybridized carbons (Fsp3) is 0.353. The summed E-state index contributed by atoms with van der Waals surface area (Å²) in [6.45, 7) is 3.91. The summed E-state index contributed by atoms with van der Waals surface area (Å²) in [5.74, 6) is -0.184. The number of rotatable bonds is 7. The van der Waals surface area contributed by atoms with Gasteiger partial charge in [0.05, 0.1) is 13.5 Å². The quantitative estimate of drug-likeness (QED) is 0.631. The maximum atomic E-state index is 11.2. The van der Waals surface area contributed by atoms with Crippen LogP contribution in [0.2, 0.25) is 0 Å². The molecule has 0 saturated heterocycles. The lowest BCUT2D eigenvalue weighted by molar-refractivity contribution is -0.139. The first-order valence-corrected chi connectivity index (χ1v) is 7.89. The third-order valence-corrected chi connectivity index (χ3v) is 4.32. The van der Waals surface area contributed by atoms with Crippen molar-refractivity contribution in [3.8, 4) is 0 Å². The van der Waals surface area contributed by atoms with E-state index in [2.05, 4.69) is 47.3 Å². The number of methoxy groups -OCH3 is 1. The van der Waals surface area contributed by atoms with Crippen LogP contribution >= 0.6 is 11.3 Å². The molecule has 0 aliphatic heterocycles. The van der Waals surface area contributed by atoms with E-state index in [0.29, 0.717) is 6.42 Å². The van der Waals surface area contributed by atoms with E-state index in [1.54, 1.807) is 11.3 Å². The fourth-order valence-electron chi connectivity index (χ4n) is 2.14. The zero-order chi connectivity index (χ0) is 15.1. The van der Waals surface area contributed by atoms with Gasteiger partial charge >= 0.3 is 5.97 Å². The SMILES string of the molecule is COC(=O)Cc1ccc(CNCCc2cccc(C)c2)s1. The van der Waals surface area contributed by atoms with Crippen LogP contribution in [0.1, 0.15) is 20.9 Å². The molecule has 1 heterocycles. The van der Waals surface area contributed by atoms with E-state index in [0.717, 1.165) is 24.4 Å². The fourth-order valence-corrected chi connectivity index (χ4v) is 3.11. The highest BCUT2D eigenvalue weighted by molar-refractivity contribution is 7.12. The molecule has 0 fully saturated rings. The van der Waals surface area contributed by atoms with E-state index < -0.39 is 0 Å². The van der Waals surface area contributed by atoms with Gasteiger partial charge in [0.2, 0.25) is 0 Å². The molecule has 0 radical (unpaired) electrons. The molecule has 0 aliphatic carbocycles. The van der Waals surface area contributed by atoms with Gasteiger partial charge in [0.15, 0.2) is 0 Å². The number of carbonyl (C=O) groups excluding carboxylic acids is 1. The Morgan fingerprint density at radius 1 is 1.24 bits per heavy atom. The van der Waals surface area contributed by atoms with Crippen LogP contribution in [-0.4, -0.2) is 19.6 Å². The number of thiophene rings is 1. The molecular weight excluding hydrogens is 282 g/mol. The first-order chi connectivity index (χ1) is 10.2. The second-order valence-electron chi connectivity index (χ2n) is 5.04. The predicted molar refractivity (Wildman–Crippen MR) is 86.6 cm³/mol. The smallest absolute Gasteiger partial charge is 0.310 e. The van der Waals surface area contributed by atoms with E-state index in [-0.39, 0.29) is 5.97 Å². The molecule has 21 heavy (non-hydrogen) atoms. The van der Waals surface area contributed by atoms with Gasteiger partial charge in [-0.3, -0.25) is 4.79 Å². The van der Waals surface area contributed by atoms with Crippen LogP contribution in [-0.2, 0) is 28.9 Å². The lowest BCUT2D eigenvalue weighted by Crippen LogP contribution is -2.15. The van der Waals surface area contributed by atoms with Gasteiger partial charge in [0.25, 0.3) is 0 Å². The molecule has 0 bridgehead atoms. The van der Waals surface area contributed by atoms with Gasteiger partial charge in [-0.2, -0.15) is 0 Å². The van der Waals surface area contributed by atoms with Gasteiger partial charge in [-0.05, 0) is 37.6 Å². The first-order valence-electron chi connectivity index (χ1n) is 7.08. The molecule has 0 spiro atoms. The molecule has 0 aliphatic rings. The van der Waals surface area contributed by atoms with Crippen molar-refractivity contribution >= 4 is 17.3 Å². The van der Waals surface area contributed by atoms with Crippen LogP contribution < -0.4 is 5.32 Å². The lowest BCUT2D eigenvalue weighted by atomic mass is 10.1. The molecule has 1 aromatic carbocycles. The van der Waals surface area contributed by atoms with Crippen LogP contribution in [0.4, 0.5) is 0 Å². The molecule has 4 heteroatoms. The monoisotopic (exact) mass is 303 g/mol. The largest absolute Gasteiger partial charge is 0.469 e. The van der Waals surface area contributed by atoms with E-state index >= 15 is 0 Å². The number of esters is 1. The molecule has 3 nitrogen and oxygen atoms in total. The number of nitrogens with one attached hydrogen (secondary N) is 1. The topological polar surface area (TPSA) is 38.3 Å².